The fraction of sp³-hybridized carbons (Fsp3) is 0.310. The normalized spacial score (nSPS) is 22.8. The molecule has 3 aromatic carbocycles. The molecule has 0 radical (unpaired) electrons. The summed E-state index contributed by atoms with van der Waals surface area (Å²) in [6.07, 6.45) is 1.27. The Kier molecular flexibility index (Phi) is 7.22. The van der Waals surface area contributed by atoms with Gasteiger partial charge in [0.15, 0.2) is 0 Å². The van der Waals surface area contributed by atoms with E-state index < -0.39 is 10.0 Å². The summed E-state index contributed by atoms with van der Waals surface area (Å²) in [6.45, 7) is 4.73. The summed E-state index contributed by atoms with van der Waals surface area (Å²) in [4.78, 5) is 0.295. The molecule has 3 aromatic rings. The molecule has 2 aliphatic rings. The minimum absolute atomic E-state index is 0.0149. The van der Waals surface area contributed by atoms with E-state index in [1.807, 2.05) is 68.4 Å². The molecule has 0 bridgehead atoms. The van der Waals surface area contributed by atoms with Crippen molar-refractivity contribution < 1.29 is 13.2 Å². The molecule has 7 heteroatoms. The molecule has 36 heavy (non-hydrogen) atoms. The fourth-order valence-corrected chi connectivity index (χ4v) is 7.08. The summed E-state index contributed by atoms with van der Waals surface area (Å²) < 4.78 is 35.8. The first kappa shape index (κ1) is 25.0. The number of nitrogens with zero attached hydrogens (tertiary/aromatic N) is 1. The van der Waals surface area contributed by atoms with Gasteiger partial charge in [0.05, 0.1) is 23.3 Å². The van der Waals surface area contributed by atoms with Gasteiger partial charge in [-0.3, -0.25) is 0 Å². The maximum absolute atomic E-state index is 14.0. The average molecular weight is 523 g/mol. The van der Waals surface area contributed by atoms with Crippen molar-refractivity contribution in [3.05, 3.63) is 112 Å². The molecular formula is C29H31ClN2O3S. The van der Waals surface area contributed by atoms with Gasteiger partial charge >= 0.3 is 0 Å². The largest absolute Gasteiger partial charge is 0.498 e. The van der Waals surface area contributed by atoms with Crippen molar-refractivity contribution in [2.45, 2.75) is 49.7 Å². The van der Waals surface area contributed by atoms with Crippen molar-refractivity contribution in [2.24, 2.45) is 0 Å². The van der Waals surface area contributed by atoms with Crippen molar-refractivity contribution in [1.29, 1.82) is 0 Å². The first-order chi connectivity index (χ1) is 17.4. The molecule has 0 spiro atoms. The highest BCUT2D eigenvalue weighted by Crippen LogP contribution is 2.43. The van der Waals surface area contributed by atoms with Crippen LogP contribution in [-0.2, 0) is 14.8 Å². The van der Waals surface area contributed by atoms with Crippen molar-refractivity contribution in [3.63, 3.8) is 0 Å². The Morgan fingerprint density at radius 3 is 2.39 bits per heavy atom. The van der Waals surface area contributed by atoms with Gasteiger partial charge < -0.3 is 10.1 Å². The molecule has 3 atom stereocenters. The fourth-order valence-electron chi connectivity index (χ4n) is 5.28. The molecule has 1 saturated heterocycles. The van der Waals surface area contributed by atoms with E-state index in [1.165, 1.54) is 5.56 Å². The SMILES string of the molecule is CCOC1=C2CN(S(=O)(=O)c3ccc(C)cc3)C(c3cccc(Cl)c3)C[C@@H]2NC(c2ccccc2)C1. The molecule has 188 valence electrons. The molecule has 5 nitrogen and oxygen atoms in total. The lowest BCUT2D eigenvalue weighted by molar-refractivity contribution is 0.164. The van der Waals surface area contributed by atoms with Crippen LogP contribution in [0.3, 0.4) is 0 Å². The highest BCUT2D eigenvalue weighted by Gasteiger charge is 2.44. The van der Waals surface area contributed by atoms with Crippen LogP contribution in [0.4, 0.5) is 0 Å². The molecule has 2 unspecified atom stereocenters. The van der Waals surface area contributed by atoms with E-state index in [0.717, 1.165) is 22.5 Å². The van der Waals surface area contributed by atoms with E-state index in [4.69, 9.17) is 16.3 Å². The maximum Gasteiger partial charge on any atom is 0.243 e. The molecule has 5 rings (SSSR count). The first-order valence-corrected chi connectivity index (χ1v) is 14.2. The Hall–Kier alpha value is -2.64. The third-order valence-corrected chi connectivity index (χ3v) is 9.19. The van der Waals surface area contributed by atoms with E-state index in [0.29, 0.717) is 29.4 Å². The maximum atomic E-state index is 14.0. The number of halogens is 1. The Bertz CT molecular complexity index is 1360. The number of hydrogen-bond acceptors (Lipinski definition) is 4. The third kappa shape index (κ3) is 4.96. The van der Waals surface area contributed by atoms with Crippen molar-refractivity contribution >= 4 is 21.6 Å². The van der Waals surface area contributed by atoms with Gasteiger partial charge in [0.25, 0.3) is 0 Å². The predicted octanol–water partition coefficient (Wildman–Crippen LogP) is 6.18. The monoisotopic (exact) mass is 522 g/mol. The summed E-state index contributed by atoms with van der Waals surface area (Å²) in [6, 6.07) is 24.7. The lowest BCUT2D eigenvalue weighted by Crippen LogP contribution is -2.51. The number of fused-ring (bicyclic) bond motifs is 1. The van der Waals surface area contributed by atoms with Crippen LogP contribution in [0.25, 0.3) is 0 Å². The summed E-state index contributed by atoms with van der Waals surface area (Å²) in [5, 5.41) is 4.39. The smallest absolute Gasteiger partial charge is 0.243 e. The quantitative estimate of drug-likeness (QED) is 0.420. The lowest BCUT2D eigenvalue weighted by atomic mass is 9.84. The van der Waals surface area contributed by atoms with Crippen LogP contribution in [0.15, 0.2) is 95.1 Å². The molecule has 1 fully saturated rings. The number of nitrogens with one attached hydrogen (secondary N) is 1. The van der Waals surface area contributed by atoms with Crippen LogP contribution in [0.5, 0.6) is 0 Å². The Balaban J connectivity index is 1.59. The van der Waals surface area contributed by atoms with Crippen LogP contribution in [-0.4, -0.2) is 31.9 Å². The molecular weight excluding hydrogens is 492 g/mol. The topological polar surface area (TPSA) is 58.6 Å². The lowest BCUT2D eigenvalue weighted by Gasteiger charge is -2.45. The van der Waals surface area contributed by atoms with Crippen LogP contribution < -0.4 is 5.32 Å². The number of benzene rings is 3. The second kappa shape index (κ2) is 10.4. The second-order valence-corrected chi connectivity index (χ2v) is 11.8. The zero-order chi connectivity index (χ0) is 25.3. The molecule has 1 N–H and O–H groups in total. The number of ether oxygens (including phenoxy) is 1. The van der Waals surface area contributed by atoms with Gasteiger partial charge in [0, 0.05) is 30.1 Å². The second-order valence-electron chi connectivity index (χ2n) is 9.44. The van der Waals surface area contributed by atoms with Crippen LogP contribution in [0, 0.1) is 6.92 Å². The molecule has 2 heterocycles. The van der Waals surface area contributed by atoms with Crippen LogP contribution in [0.1, 0.15) is 48.5 Å². The van der Waals surface area contributed by atoms with Gasteiger partial charge in [0.2, 0.25) is 10.0 Å². The van der Waals surface area contributed by atoms with Crippen molar-refractivity contribution in [1.82, 2.24) is 9.62 Å². The highest BCUT2D eigenvalue weighted by atomic mass is 35.5. The van der Waals surface area contributed by atoms with Gasteiger partial charge in [-0.1, -0.05) is 71.8 Å². The zero-order valence-corrected chi connectivity index (χ0v) is 22.1. The number of piperidine rings is 1. The van der Waals surface area contributed by atoms with Gasteiger partial charge in [-0.05, 0) is 61.2 Å². The average Bonchev–Trinajstić information content (AvgIpc) is 2.89. The minimum atomic E-state index is -3.77. The number of rotatable bonds is 6. The standard InChI is InChI=1S/C29H31ClN2O3S/c1-3-35-29-18-26(21-8-5-4-6-9-21)31-27-17-28(22-10-7-11-23(30)16-22)32(19-25(27)29)36(33,34)24-14-12-20(2)13-15-24/h4-16,26-28,31H,3,17-19H2,1-2H3/t26?,27-,28?/m0/s1. The minimum Gasteiger partial charge on any atom is -0.498 e. The number of aryl methyl sites for hydroxylation is 1. The Morgan fingerprint density at radius 2 is 1.69 bits per heavy atom. The summed E-state index contributed by atoms with van der Waals surface area (Å²) >= 11 is 6.35. The highest BCUT2D eigenvalue weighted by molar-refractivity contribution is 7.89. The Labute approximate surface area is 218 Å². The van der Waals surface area contributed by atoms with Crippen LogP contribution >= 0.6 is 11.6 Å². The first-order valence-electron chi connectivity index (χ1n) is 12.4. The molecule has 0 amide bonds. The van der Waals surface area contributed by atoms with Crippen molar-refractivity contribution in [2.75, 3.05) is 13.2 Å². The number of sulfonamides is 1. The van der Waals surface area contributed by atoms with Gasteiger partial charge in [-0.25, -0.2) is 8.42 Å². The van der Waals surface area contributed by atoms with E-state index >= 15 is 0 Å². The van der Waals surface area contributed by atoms with E-state index in [-0.39, 0.29) is 24.7 Å². The van der Waals surface area contributed by atoms with Gasteiger partial charge in [-0.2, -0.15) is 4.31 Å². The summed E-state index contributed by atoms with van der Waals surface area (Å²) in [5.41, 5.74) is 4.11. The van der Waals surface area contributed by atoms with E-state index in [1.54, 1.807) is 16.4 Å². The van der Waals surface area contributed by atoms with Crippen molar-refractivity contribution in [3.8, 4) is 0 Å². The molecule has 0 saturated carbocycles. The van der Waals surface area contributed by atoms with E-state index in [2.05, 4.69) is 17.4 Å². The van der Waals surface area contributed by atoms with Crippen LogP contribution in [0.2, 0.25) is 5.02 Å². The third-order valence-electron chi connectivity index (χ3n) is 7.08. The molecule has 2 aliphatic heterocycles. The zero-order valence-electron chi connectivity index (χ0n) is 20.5. The molecule has 0 aliphatic carbocycles. The van der Waals surface area contributed by atoms with Gasteiger partial charge in [0.1, 0.15) is 0 Å². The molecule has 0 aromatic heterocycles. The summed E-state index contributed by atoms with van der Waals surface area (Å²) in [7, 11) is -3.77. The van der Waals surface area contributed by atoms with E-state index in [9.17, 15) is 8.42 Å². The van der Waals surface area contributed by atoms with Gasteiger partial charge in [-0.15, -0.1) is 0 Å². The Morgan fingerprint density at radius 1 is 0.972 bits per heavy atom. The predicted molar refractivity (Wildman–Crippen MR) is 143 cm³/mol. The number of hydrogen-bond donors (Lipinski definition) is 1. The summed E-state index contributed by atoms with van der Waals surface area (Å²) in [5.74, 6) is 0.892.